The van der Waals surface area contributed by atoms with E-state index in [0.29, 0.717) is 11.6 Å². The van der Waals surface area contributed by atoms with Crippen LogP contribution in [-0.4, -0.2) is 35.0 Å². The smallest absolute Gasteiger partial charge is 0.381 e. The van der Waals surface area contributed by atoms with Gasteiger partial charge in [0.1, 0.15) is 11.0 Å². The van der Waals surface area contributed by atoms with Crippen molar-refractivity contribution >= 4 is 29.2 Å². The summed E-state index contributed by atoms with van der Waals surface area (Å²) in [5.41, 5.74) is 1.82. The zero-order chi connectivity index (χ0) is 18.8. The van der Waals surface area contributed by atoms with E-state index in [1.807, 2.05) is 0 Å². The Kier molecular flexibility index (Phi) is 5.69. The number of anilines is 1. The van der Waals surface area contributed by atoms with Crippen LogP contribution in [0.25, 0.3) is 0 Å². The van der Waals surface area contributed by atoms with E-state index in [1.165, 1.54) is 6.92 Å². The summed E-state index contributed by atoms with van der Waals surface area (Å²) in [7, 11) is 0. The fraction of sp³-hybridized carbons (Fsp3) is 0.400. The second-order valence-corrected chi connectivity index (χ2v) is 5.50. The number of pyridine rings is 1. The van der Waals surface area contributed by atoms with Crippen molar-refractivity contribution in [2.24, 2.45) is 0 Å². The molecule has 2 amide bonds. The number of ether oxygens (including phenoxy) is 1. The maximum absolute atomic E-state index is 12.7. The van der Waals surface area contributed by atoms with Crippen molar-refractivity contribution in [2.75, 3.05) is 18.6 Å². The number of carbonyl (C=O) groups excluding carboxylic acids is 2. The first-order valence-electron chi connectivity index (χ1n) is 7.33. The number of nitrogens with zero attached hydrogens (tertiary/aromatic N) is 2. The van der Waals surface area contributed by atoms with E-state index in [1.54, 1.807) is 6.92 Å². The van der Waals surface area contributed by atoms with Crippen molar-refractivity contribution in [3.8, 4) is 0 Å². The van der Waals surface area contributed by atoms with Gasteiger partial charge in [-0.3, -0.25) is 15.0 Å². The molecule has 25 heavy (non-hydrogen) atoms. The highest BCUT2D eigenvalue weighted by atomic mass is 35.5. The lowest BCUT2D eigenvalue weighted by Gasteiger charge is -2.17. The first kappa shape index (κ1) is 19.2. The van der Waals surface area contributed by atoms with Crippen molar-refractivity contribution in [3.05, 3.63) is 34.0 Å². The number of amides is 2. The van der Waals surface area contributed by atoms with Crippen LogP contribution < -0.4 is 5.43 Å². The van der Waals surface area contributed by atoms with Gasteiger partial charge in [0, 0.05) is 24.2 Å². The number of nitrogens with one attached hydrogen (secondary N) is 1. The van der Waals surface area contributed by atoms with Crippen LogP contribution in [0.15, 0.2) is 23.3 Å². The number of hydrogen-bond donors (Lipinski definition) is 1. The van der Waals surface area contributed by atoms with Crippen molar-refractivity contribution in [1.82, 2.24) is 9.99 Å². The Labute approximate surface area is 146 Å². The molecule has 2 heterocycles. The van der Waals surface area contributed by atoms with Crippen LogP contribution >= 0.6 is 11.6 Å². The van der Waals surface area contributed by atoms with Gasteiger partial charge in [0.2, 0.25) is 0 Å². The molecule has 1 aliphatic rings. The van der Waals surface area contributed by atoms with Crippen LogP contribution in [-0.2, 0) is 20.5 Å². The lowest BCUT2D eigenvalue weighted by Crippen LogP contribution is -2.37. The van der Waals surface area contributed by atoms with Gasteiger partial charge < -0.3 is 4.74 Å². The fourth-order valence-electron chi connectivity index (χ4n) is 2.22. The maximum atomic E-state index is 12.7. The molecule has 10 heteroatoms. The van der Waals surface area contributed by atoms with E-state index in [-0.39, 0.29) is 30.0 Å². The SMILES string of the molecule is CCOCCC1=C(C)C(=O)N(Nc2ccc(C(F)(F)F)c(Cl)n2)C1=O. The van der Waals surface area contributed by atoms with Crippen molar-refractivity contribution in [2.45, 2.75) is 26.4 Å². The highest BCUT2D eigenvalue weighted by Crippen LogP contribution is 2.34. The molecule has 1 aromatic rings. The fourth-order valence-corrected chi connectivity index (χ4v) is 2.48. The predicted octanol–water partition coefficient (Wildman–Crippen LogP) is 3.19. The van der Waals surface area contributed by atoms with Gasteiger partial charge in [-0.1, -0.05) is 11.6 Å². The number of alkyl halides is 3. The monoisotopic (exact) mass is 377 g/mol. The Balaban J connectivity index is 2.15. The van der Waals surface area contributed by atoms with Crippen molar-refractivity contribution in [1.29, 1.82) is 0 Å². The lowest BCUT2D eigenvalue weighted by atomic mass is 10.1. The van der Waals surface area contributed by atoms with Gasteiger partial charge in [-0.25, -0.2) is 4.98 Å². The normalized spacial score (nSPS) is 15.4. The summed E-state index contributed by atoms with van der Waals surface area (Å²) in [6, 6.07) is 1.71. The van der Waals surface area contributed by atoms with E-state index < -0.39 is 28.7 Å². The summed E-state index contributed by atoms with van der Waals surface area (Å²) >= 11 is 5.53. The van der Waals surface area contributed by atoms with Gasteiger partial charge in [0.25, 0.3) is 11.8 Å². The quantitative estimate of drug-likeness (QED) is 0.468. The van der Waals surface area contributed by atoms with Crippen LogP contribution in [0.2, 0.25) is 5.15 Å². The molecule has 1 aliphatic heterocycles. The second-order valence-electron chi connectivity index (χ2n) is 5.14. The molecule has 0 unspecified atom stereocenters. The lowest BCUT2D eigenvalue weighted by molar-refractivity contribution is -0.138. The molecule has 1 N–H and O–H groups in total. The molecule has 0 atom stereocenters. The van der Waals surface area contributed by atoms with Gasteiger partial charge >= 0.3 is 6.18 Å². The minimum Gasteiger partial charge on any atom is -0.381 e. The van der Waals surface area contributed by atoms with Gasteiger partial charge in [-0.2, -0.15) is 18.2 Å². The number of aromatic nitrogens is 1. The molecule has 6 nitrogen and oxygen atoms in total. The number of carbonyl (C=O) groups is 2. The Morgan fingerprint density at radius 2 is 1.96 bits per heavy atom. The molecule has 0 aromatic carbocycles. The highest BCUT2D eigenvalue weighted by Gasteiger charge is 2.37. The van der Waals surface area contributed by atoms with Crippen molar-refractivity contribution in [3.63, 3.8) is 0 Å². The maximum Gasteiger partial charge on any atom is 0.419 e. The Morgan fingerprint density at radius 1 is 1.28 bits per heavy atom. The zero-order valence-electron chi connectivity index (χ0n) is 13.4. The van der Waals surface area contributed by atoms with Crippen LogP contribution in [0.5, 0.6) is 0 Å². The molecule has 0 saturated carbocycles. The van der Waals surface area contributed by atoms with Crippen LogP contribution in [0.3, 0.4) is 0 Å². The molecular weight excluding hydrogens is 363 g/mol. The zero-order valence-corrected chi connectivity index (χ0v) is 14.2. The standard InChI is InChI=1S/C15H15ClF3N3O3/c1-3-25-7-6-9-8(2)13(23)22(14(9)24)21-11-5-4-10(12(16)20-11)15(17,18)19/h4-5H,3,6-7H2,1-2H3,(H,20,21). The summed E-state index contributed by atoms with van der Waals surface area (Å²) < 4.78 is 43.2. The molecule has 136 valence electrons. The van der Waals surface area contributed by atoms with Crippen LogP contribution in [0.1, 0.15) is 25.8 Å². The Hall–Kier alpha value is -2.13. The topological polar surface area (TPSA) is 71.5 Å². The molecule has 0 spiro atoms. The summed E-state index contributed by atoms with van der Waals surface area (Å²) in [6.45, 7) is 4.05. The molecule has 0 saturated heterocycles. The number of imide groups is 1. The Morgan fingerprint density at radius 3 is 2.52 bits per heavy atom. The highest BCUT2D eigenvalue weighted by molar-refractivity contribution is 6.30. The molecule has 0 fully saturated rings. The average molecular weight is 378 g/mol. The largest absolute Gasteiger partial charge is 0.419 e. The third-order valence-electron chi connectivity index (χ3n) is 3.52. The minimum absolute atomic E-state index is 0.154. The second kappa shape index (κ2) is 7.40. The molecule has 0 radical (unpaired) electrons. The van der Waals surface area contributed by atoms with E-state index in [2.05, 4.69) is 10.4 Å². The van der Waals surface area contributed by atoms with E-state index in [0.717, 1.165) is 12.1 Å². The van der Waals surface area contributed by atoms with E-state index >= 15 is 0 Å². The van der Waals surface area contributed by atoms with Gasteiger partial charge in [0.05, 0.1) is 12.2 Å². The summed E-state index contributed by atoms with van der Waals surface area (Å²) in [4.78, 5) is 28.0. The summed E-state index contributed by atoms with van der Waals surface area (Å²) in [6.07, 6.45) is -4.39. The first-order chi connectivity index (χ1) is 11.7. The predicted molar refractivity (Wildman–Crippen MR) is 83.5 cm³/mol. The van der Waals surface area contributed by atoms with Gasteiger partial charge in [0.15, 0.2) is 0 Å². The van der Waals surface area contributed by atoms with E-state index in [4.69, 9.17) is 16.3 Å². The summed E-state index contributed by atoms with van der Waals surface area (Å²) in [5, 5.41) is -0.0828. The number of hydrazine groups is 1. The third kappa shape index (κ3) is 4.10. The van der Waals surface area contributed by atoms with Gasteiger partial charge in [-0.15, -0.1) is 0 Å². The molecule has 0 bridgehead atoms. The van der Waals surface area contributed by atoms with Gasteiger partial charge in [-0.05, 0) is 26.0 Å². The van der Waals surface area contributed by atoms with Crippen LogP contribution in [0, 0.1) is 0 Å². The Bertz CT molecular complexity index is 734. The number of rotatable bonds is 6. The third-order valence-corrected chi connectivity index (χ3v) is 3.81. The first-order valence-corrected chi connectivity index (χ1v) is 7.71. The number of halogens is 4. The van der Waals surface area contributed by atoms with Crippen molar-refractivity contribution < 1.29 is 27.5 Å². The van der Waals surface area contributed by atoms with E-state index in [9.17, 15) is 22.8 Å². The average Bonchev–Trinajstić information content (AvgIpc) is 2.71. The summed E-state index contributed by atoms with van der Waals surface area (Å²) in [5.74, 6) is -1.35. The van der Waals surface area contributed by atoms with Crippen LogP contribution in [0.4, 0.5) is 19.0 Å². The number of hydrogen-bond acceptors (Lipinski definition) is 5. The molecule has 2 rings (SSSR count). The molecular formula is C15H15ClF3N3O3. The molecule has 0 aliphatic carbocycles. The molecule has 1 aromatic heterocycles. The minimum atomic E-state index is -4.65.